The van der Waals surface area contributed by atoms with Gasteiger partial charge in [0.25, 0.3) is 0 Å². The van der Waals surface area contributed by atoms with Crippen molar-refractivity contribution >= 4 is 33.7 Å². The number of hydrogen-bond acceptors (Lipinski definition) is 3. The normalized spacial score (nSPS) is 12.2. The lowest BCUT2D eigenvalue weighted by Crippen LogP contribution is -2.11. The summed E-state index contributed by atoms with van der Waals surface area (Å²) >= 11 is 4.60. The molecule has 0 spiro atoms. The maximum absolute atomic E-state index is 10.7. The van der Waals surface area contributed by atoms with Gasteiger partial charge in [0.1, 0.15) is 11.0 Å². The second-order valence-electron chi connectivity index (χ2n) is 2.89. The van der Waals surface area contributed by atoms with Crippen molar-refractivity contribution in [2.24, 2.45) is 0 Å². The average Bonchev–Trinajstić information content (AvgIpc) is 2.18. The number of hydrogen-bond donors (Lipinski definition) is 1. The number of carboxylic acids is 1. The molecule has 0 saturated heterocycles. The Balaban J connectivity index is 2.91. The van der Waals surface area contributed by atoms with E-state index in [1.54, 1.807) is 20.1 Å². The number of ether oxygens (including phenoxy) is 1. The molecule has 0 amide bonds. The second kappa shape index (κ2) is 5.42. The maximum Gasteiger partial charge on any atom is 0.316 e. The summed E-state index contributed by atoms with van der Waals surface area (Å²) in [6, 6.07) is 5.51. The van der Waals surface area contributed by atoms with Crippen LogP contribution in [0.3, 0.4) is 0 Å². The third-order valence-corrected chi connectivity index (χ3v) is 3.40. The van der Waals surface area contributed by atoms with Gasteiger partial charge in [-0.25, -0.2) is 0 Å². The lowest BCUT2D eigenvalue weighted by molar-refractivity contribution is -0.136. The van der Waals surface area contributed by atoms with Crippen LogP contribution in [-0.2, 0) is 4.79 Å². The Bertz CT molecular complexity index is 368. The quantitative estimate of drug-likeness (QED) is 0.866. The predicted octanol–water partition coefficient (Wildman–Crippen LogP) is 3.02. The molecule has 1 rings (SSSR count). The standard InChI is InChI=1S/C10H11BrO3S/c1-6(10(12)13)15-9-5-7(11)3-4-8(9)14-2/h3-6H,1-2H3,(H,12,13). The first-order chi connectivity index (χ1) is 7.04. The molecule has 0 aromatic heterocycles. The lowest BCUT2D eigenvalue weighted by atomic mass is 10.3. The first kappa shape index (κ1) is 12.4. The van der Waals surface area contributed by atoms with Crippen LogP contribution in [0.1, 0.15) is 6.92 Å². The molecule has 3 nitrogen and oxygen atoms in total. The van der Waals surface area contributed by atoms with E-state index in [-0.39, 0.29) is 0 Å². The summed E-state index contributed by atoms with van der Waals surface area (Å²) in [6.45, 7) is 1.65. The van der Waals surface area contributed by atoms with Crippen LogP contribution in [0.4, 0.5) is 0 Å². The molecule has 0 bridgehead atoms. The summed E-state index contributed by atoms with van der Waals surface area (Å²) in [6.07, 6.45) is 0. The number of carbonyl (C=O) groups is 1. The average molecular weight is 291 g/mol. The highest BCUT2D eigenvalue weighted by Gasteiger charge is 2.15. The summed E-state index contributed by atoms with van der Waals surface area (Å²) < 4.78 is 6.05. The molecule has 0 aliphatic heterocycles. The van der Waals surface area contributed by atoms with Crippen LogP contribution in [0.5, 0.6) is 5.75 Å². The Labute approximate surface area is 101 Å². The van der Waals surface area contributed by atoms with Crippen molar-refractivity contribution < 1.29 is 14.6 Å². The van der Waals surface area contributed by atoms with E-state index in [9.17, 15) is 4.79 Å². The smallest absolute Gasteiger partial charge is 0.316 e. The van der Waals surface area contributed by atoms with Gasteiger partial charge in [0.05, 0.1) is 12.0 Å². The van der Waals surface area contributed by atoms with Crippen molar-refractivity contribution in [2.75, 3.05) is 7.11 Å². The minimum Gasteiger partial charge on any atom is -0.496 e. The fourth-order valence-corrected chi connectivity index (χ4v) is 2.44. The summed E-state index contributed by atoms with van der Waals surface area (Å²) in [7, 11) is 1.57. The lowest BCUT2D eigenvalue weighted by Gasteiger charge is -2.10. The van der Waals surface area contributed by atoms with Crippen molar-refractivity contribution in [1.82, 2.24) is 0 Å². The van der Waals surface area contributed by atoms with Gasteiger partial charge in [0.15, 0.2) is 0 Å². The number of carboxylic acid groups (broad SMARTS) is 1. The maximum atomic E-state index is 10.7. The van der Waals surface area contributed by atoms with Crippen LogP contribution in [0.15, 0.2) is 27.6 Å². The van der Waals surface area contributed by atoms with Crippen LogP contribution in [0, 0.1) is 0 Å². The largest absolute Gasteiger partial charge is 0.496 e. The Kier molecular flexibility index (Phi) is 4.47. The Morgan fingerprint density at radius 3 is 2.80 bits per heavy atom. The third kappa shape index (κ3) is 3.43. The molecule has 5 heteroatoms. The second-order valence-corrected chi connectivity index (χ2v) is 5.19. The van der Waals surface area contributed by atoms with Crippen molar-refractivity contribution in [3.8, 4) is 5.75 Å². The van der Waals surface area contributed by atoms with E-state index >= 15 is 0 Å². The fourth-order valence-electron chi connectivity index (χ4n) is 0.983. The molecule has 0 radical (unpaired) electrons. The molecule has 0 heterocycles. The van der Waals surface area contributed by atoms with Gasteiger partial charge in [-0.1, -0.05) is 15.9 Å². The summed E-state index contributed by atoms with van der Waals surface area (Å²) in [5, 5.41) is 8.31. The molecule has 15 heavy (non-hydrogen) atoms. The monoisotopic (exact) mass is 290 g/mol. The Hall–Kier alpha value is -0.680. The number of benzene rings is 1. The van der Waals surface area contributed by atoms with E-state index in [1.165, 1.54) is 11.8 Å². The van der Waals surface area contributed by atoms with Gasteiger partial charge in [-0.3, -0.25) is 4.79 Å². The zero-order chi connectivity index (χ0) is 11.4. The molecular formula is C10H11BrO3S. The molecule has 0 fully saturated rings. The Morgan fingerprint density at radius 1 is 1.60 bits per heavy atom. The Morgan fingerprint density at radius 2 is 2.27 bits per heavy atom. The molecule has 1 atom stereocenters. The van der Waals surface area contributed by atoms with Crippen molar-refractivity contribution in [3.05, 3.63) is 22.7 Å². The SMILES string of the molecule is COc1ccc(Br)cc1SC(C)C(=O)O. The fraction of sp³-hybridized carbons (Fsp3) is 0.300. The van der Waals surface area contributed by atoms with Gasteiger partial charge >= 0.3 is 5.97 Å². The van der Waals surface area contributed by atoms with E-state index in [2.05, 4.69) is 15.9 Å². The van der Waals surface area contributed by atoms with Crippen LogP contribution in [0.25, 0.3) is 0 Å². The van der Waals surface area contributed by atoms with Crippen LogP contribution < -0.4 is 4.74 Å². The highest BCUT2D eigenvalue weighted by molar-refractivity contribution is 9.10. The van der Waals surface area contributed by atoms with Gasteiger partial charge < -0.3 is 9.84 Å². The first-order valence-corrected chi connectivity index (χ1v) is 5.95. The number of thioether (sulfide) groups is 1. The van der Waals surface area contributed by atoms with E-state index in [4.69, 9.17) is 9.84 Å². The van der Waals surface area contributed by atoms with Gasteiger partial charge in [0.2, 0.25) is 0 Å². The van der Waals surface area contributed by atoms with Gasteiger partial charge in [-0.15, -0.1) is 11.8 Å². The number of aliphatic carboxylic acids is 1. The van der Waals surface area contributed by atoms with E-state index < -0.39 is 11.2 Å². The molecule has 0 saturated carbocycles. The van der Waals surface area contributed by atoms with E-state index in [1.807, 2.05) is 12.1 Å². The topological polar surface area (TPSA) is 46.5 Å². The summed E-state index contributed by atoms with van der Waals surface area (Å²) in [4.78, 5) is 11.5. The molecule has 0 aliphatic rings. The third-order valence-electron chi connectivity index (χ3n) is 1.78. The van der Waals surface area contributed by atoms with Crippen LogP contribution in [-0.4, -0.2) is 23.4 Å². The minimum atomic E-state index is -0.831. The molecule has 1 N–H and O–H groups in total. The molecule has 1 aromatic rings. The van der Waals surface area contributed by atoms with E-state index in [0.717, 1.165) is 9.37 Å². The number of methoxy groups -OCH3 is 1. The van der Waals surface area contributed by atoms with E-state index in [0.29, 0.717) is 5.75 Å². The highest BCUT2D eigenvalue weighted by atomic mass is 79.9. The molecular weight excluding hydrogens is 280 g/mol. The number of halogens is 1. The predicted molar refractivity (Wildman–Crippen MR) is 63.6 cm³/mol. The van der Waals surface area contributed by atoms with Crippen molar-refractivity contribution in [1.29, 1.82) is 0 Å². The first-order valence-electron chi connectivity index (χ1n) is 4.27. The number of rotatable bonds is 4. The zero-order valence-corrected chi connectivity index (χ0v) is 10.8. The highest BCUT2D eigenvalue weighted by Crippen LogP contribution is 2.34. The van der Waals surface area contributed by atoms with Crippen molar-refractivity contribution in [3.63, 3.8) is 0 Å². The van der Waals surface area contributed by atoms with Gasteiger partial charge in [0, 0.05) is 4.47 Å². The summed E-state index contributed by atoms with van der Waals surface area (Å²) in [5.74, 6) is -0.140. The minimum absolute atomic E-state index is 0.492. The molecule has 1 aromatic carbocycles. The zero-order valence-electron chi connectivity index (χ0n) is 8.36. The van der Waals surface area contributed by atoms with Crippen LogP contribution >= 0.6 is 27.7 Å². The molecule has 0 aliphatic carbocycles. The van der Waals surface area contributed by atoms with Crippen molar-refractivity contribution in [2.45, 2.75) is 17.1 Å². The summed E-state index contributed by atoms with van der Waals surface area (Å²) in [5.41, 5.74) is 0. The van der Waals surface area contributed by atoms with Gasteiger partial charge in [-0.2, -0.15) is 0 Å². The molecule has 82 valence electrons. The van der Waals surface area contributed by atoms with Gasteiger partial charge in [-0.05, 0) is 25.1 Å². The molecule has 1 unspecified atom stereocenters. The van der Waals surface area contributed by atoms with Crippen LogP contribution in [0.2, 0.25) is 0 Å².